The second-order valence-electron chi connectivity index (χ2n) is 8.27. The molecule has 1 saturated carbocycles. The summed E-state index contributed by atoms with van der Waals surface area (Å²) in [5.41, 5.74) is 1.07. The first kappa shape index (κ1) is 20.2. The molecular weight excluding hydrogens is 338 g/mol. The third-order valence-electron chi connectivity index (χ3n) is 6.40. The van der Waals surface area contributed by atoms with Crippen molar-refractivity contribution in [2.24, 2.45) is 0 Å². The molecule has 0 unspecified atom stereocenters. The number of piperidine rings is 1. The van der Waals surface area contributed by atoms with Crippen LogP contribution in [-0.4, -0.2) is 59.7 Å². The molecule has 0 radical (unpaired) electrons. The van der Waals surface area contributed by atoms with Crippen LogP contribution in [0.2, 0.25) is 0 Å². The number of nitrogens with zero attached hydrogens (tertiary/aromatic N) is 2. The molecule has 1 heterocycles. The Morgan fingerprint density at radius 1 is 1.15 bits per heavy atom. The zero-order valence-corrected chi connectivity index (χ0v) is 16.7. The molecule has 1 atom stereocenters. The Kier molecular flexibility index (Phi) is 7.13. The van der Waals surface area contributed by atoms with E-state index in [4.69, 9.17) is 0 Å². The van der Waals surface area contributed by atoms with Crippen molar-refractivity contribution in [1.29, 1.82) is 0 Å². The van der Waals surface area contributed by atoms with Gasteiger partial charge in [-0.3, -0.25) is 4.90 Å². The van der Waals surface area contributed by atoms with Crippen LogP contribution in [0, 0.1) is 0 Å². The normalized spacial score (nSPS) is 21.0. The average Bonchev–Trinajstić information content (AvgIpc) is 3.21. The summed E-state index contributed by atoms with van der Waals surface area (Å²) >= 11 is 0. The molecule has 1 aromatic rings. The number of rotatable bonds is 7. The Bertz CT molecular complexity index is 580. The van der Waals surface area contributed by atoms with Crippen molar-refractivity contribution >= 4 is 6.03 Å². The molecular formula is C22H35N3O2. The lowest BCUT2D eigenvalue weighted by Crippen LogP contribution is -2.56. The number of carbonyl (C=O) groups is 1. The highest BCUT2D eigenvalue weighted by Crippen LogP contribution is 2.36. The number of amides is 2. The van der Waals surface area contributed by atoms with Gasteiger partial charge in [0.25, 0.3) is 0 Å². The Labute approximate surface area is 163 Å². The van der Waals surface area contributed by atoms with Crippen molar-refractivity contribution in [2.45, 2.75) is 63.0 Å². The van der Waals surface area contributed by atoms with Crippen LogP contribution >= 0.6 is 0 Å². The van der Waals surface area contributed by atoms with E-state index in [1.54, 1.807) is 4.90 Å². The van der Waals surface area contributed by atoms with Crippen LogP contribution in [0.4, 0.5) is 4.79 Å². The van der Waals surface area contributed by atoms with Crippen molar-refractivity contribution in [1.82, 2.24) is 15.1 Å². The molecule has 5 nitrogen and oxygen atoms in total. The van der Waals surface area contributed by atoms with Gasteiger partial charge in [0.1, 0.15) is 0 Å². The maximum Gasteiger partial charge on any atom is 0.317 e. The molecule has 2 fully saturated rings. The van der Waals surface area contributed by atoms with Gasteiger partial charge in [0.15, 0.2) is 0 Å². The molecule has 0 bridgehead atoms. The van der Waals surface area contributed by atoms with Gasteiger partial charge in [-0.15, -0.1) is 0 Å². The van der Waals surface area contributed by atoms with Crippen LogP contribution in [0.3, 0.4) is 0 Å². The summed E-state index contributed by atoms with van der Waals surface area (Å²) in [4.78, 5) is 16.9. The smallest absolute Gasteiger partial charge is 0.317 e. The number of hydrogen-bond donors (Lipinski definition) is 2. The zero-order valence-electron chi connectivity index (χ0n) is 16.7. The Morgan fingerprint density at radius 2 is 1.81 bits per heavy atom. The molecule has 1 saturated heterocycles. The maximum absolute atomic E-state index is 12.6. The number of nitrogens with one attached hydrogen (secondary N) is 1. The third kappa shape index (κ3) is 5.23. The van der Waals surface area contributed by atoms with E-state index >= 15 is 0 Å². The van der Waals surface area contributed by atoms with E-state index in [0.29, 0.717) is 13.0 Å². The maximum atomic E-state index is 12.6. The van der Waals surface area contributed by atoms with Gasteiger partial charge in [-0.1, -0.05) is 49.6 Å². The third-order valence-corrected chi connectivity index (χ3v) is 6.40. The Morgan fingerprint density at radius 3 is 2.48 bits per heavy atom. The molecule has 150 valence electrons. The van der Waals surface area contributed by atoms with Crippen LogP contribution in [0.5, 0.6) is 0 Å². The predicted molar refractivity (Wildman–Crippen MR) is 109 cm³/mol. The predicted octanol–water partition coefficient (Wildman–Crippen LogP) is 3.55. The van der Waals surface area contributed by atoms with E-state index < -0.39 is 6.10 Å². The molecule has 3 rings (SSSR count). The number of likely N-dealkylation sites (tertiary alicyclic amines) is 1. The Hall–Kier alpha value is -1.59. The summed E-state index contributed by atoms with van der Waals surface area (Å²) in [6.07, 6.45) is 8.86. The molecule has 0 aromatic heterocycles. The molecule has 2 amide bonds. The van der Waals surface area contributed by atoms with Crippen molar-refractivity contribution < 1.29 is 9.90 Å². The molecule has 5 heteroatoms. The second-order valence-corrected chi connectivity index (χ2v) is 8.27. The van der Waals surface area contributed by atoms with Crippen LogP contribution in [0.15, 0.2) is 30.3 Å². The average molecular weight is 374 g/mol. The fourth-order valence-corrected chi connectivity index (χ4v) is 4.64. The van der Waals surface area contributed by atoms with Gasteiger partial charge in [0.2, 0.25) is 0 Å². The van der Waals surface area contributed by atoms with Gasteiger partial charge in [-0.25, -0.2) is 4.79 Å². The van der Waals surface area contributed by atoms with Gasteiger partial charge in [0.05, 0.1) is 6.10 Å². The number of hydrogen-bond acceptors (Lipinski definition) is 3. The topological polar surface area (TPSA) is 55.8 Å². The van der Waals surface area contributed by atoms with E-state index in [-0.39, 0.29) is 11.6 Å². The lowest BCUT2D eigenvalue weighted by molar-refractivity contribution is 0.0701. The van der Waals surface area contributed by atoms with Gasteiger partial charge >= 0.3 is 6.03 Å². The molecule has 1 aliphatic heterocycles. The molecule has 0 spiro atoms. The number of benzene rings is 1. The Balaban J connectivity index is 1.47. The highest BCUT2D eigenvalue weighted by atomic mass is 16.3. The van der Waals surface area contributed by atoms with Crippen LogP contribution < -0.4 is 5.32 Å². The summed E-state index contributed by atoms with van der Waals surface area (Å²) in [6, 6.07) is 9.61. The van der Waals surface area contributed by atoms with E-state index in [2.05, 4.69) is 10.2 Å². The van der Waals surface area contributed by atoms with Gasteiger partial charge in [-0.05, 0) is 50.8 Å². The summed E-state index contributed by atoms with van der Waals surface area (Å²) < 4.78 is 0. The fourth-order valence-electron chi connectivity index (χ4n) is 4.64. The number of aliphatic hydroxyl groups excluding tert-OH is 1. The van der Waals surface area contributed by atoms with E-state index in [9.17, 15) is 9.90 Å². The van der Waals surface area contributed by atoms with Crippen molar-refractivity contribution in [3.8, 4) is 0 Å². The molecule has 27 heavy (non-hydrogen) atoms. The van der Waals surface area contributed by atoms with Crippen molar-refractivity contribution in [3.63, 3.8) is 0 Å². The highest BCUT2D eigenvalue weighted by molar-refractivity contribution is 5.73. The molecule has 2 aliphatic rings. The summed E-state index contributed by atoms with van der Waals surface area (Å²) in [5, 5.41) is 13.5. The van der Waals surface area contributed by atoms with E-state index in [1.807, 2.05) is 37.4 Å². The highest BCUT2D eigenvalue weighted by Gasteiger charge is 2.40. The van der Waals surface area contributed by atoms with Crippen molar-refractivity contribution in [2.75, 3.05) is 33.2 Å². The molecule has 1 aliphatic carbocycles. The van der Waals surface area contributed by atoms with E-state index in [1.165, 1.54) is 58.0 Å². The first-order valence-electron chi connectivity index (χ1n) is 10.6. The zero-order chi connectivity index (χ0) is 19.1. The molecule has 2 N–H and O–H groups in total. The van der Waals surface area contributed by atoms with Crippen LogP contribution in [-0.2, 0) is 0 Å². The quantitative estimate of drug-likeness (QED) is 0.768. The minimum Gasteiger partial charge on any atom is -0.388 e. The fraction of sp³-hybridized carbons (Fsp3) is 0.682. The van der Waals surface area contributed by atoms with Crippen molar-refractivity contribution in [3.05, 3.63) is 35.9 Å². The number of urea groups is 1. The lowest BCUT2D eigenvalue weighted by atomic mass is 9.92. The molecule has 1 aromatic carbocycles. The van der Waals surface area contributed by atoms with Gasteiger partial charge in [0, 0.05) is 25.7 Å². The lowest BCUT2D eigenvalue weighted by Gasteiger charge is -2.44. The number of aliphatic hydroxyl groups is 1. The summed E-state index contributed by atoms with van der Waals surface area (Å²) in [6.45, 7) is 3.64. The minimum atomic E-state index is -0.532. The first-order valence-corrected chi connectivity index (χ1v) is 10.6. The van der Waals surface area contributed by atoms with Gasteiger partial charge < -0.3 is 15.3 Å². The summed E-state index contributed by atoms with van der Waals surface area (Å²) in [5.74, 6) is 0. The monoisotopic (exact) mass is 373 g/mol. The second kappa shape index (κ2) is 9.56. The van der Waals surface area contributed by atoms with Crippen LogP contribution in [0.1, 0.15) is 63.0 Å². The standard InChI is InChI=1S/C22H35N3O2/c1-24(17-12-20(26)19-10-4-2-5-11-19)21(27)23-18-22(13-6-7-14-22)25-15-8-3-9-16-25/h2,4-5,10-11,20,26H,3,6-9,12-18H2,1H3,(H,23,27)/t20-/m1/s1. The largest absolute Gasteiger partial charge is 0.388 e. The minimum absolute atomic E-state index is 0.0291. The SMILES string of the molecule is CN(CC[C@@H](O)c1ccccc1)C(=O)NCC1(N2CCCCC2)CCCC1. The first-order chi connectivity index (χ1) is 13.1. The van der Waals surface area contributed by atoms with Crippen LogP contribution in [0.25, 0.3) is 0 Å². The van der Waals surface area contributed by atoms with E-state index in [0.717, 1.165) is 12.1 Å². The summed E-state index contributed by atoms with van der Waals surface area (Å²) in [7, 11) is 1.81. The van der Waals surface area contributed by atoms with Gasteiger partial charge in [-0.2, -0.15) is 0 Å². The number of carbonyl (C=O) groups excluding carboxylic acids is 1.